The molecule has 214 valence electrons. The van der Waals surface area contributed by atoms with Crippen LogP contribution in [-0.4, -0.2) is 49.2 Å². The molecule has 0 aliphatic heterocycles. The highest BCUT2D eigenvalue weighted by atomic mass is 32.2. The van der Waals surface area contributed by atoms with Crippen LogP contribution in [0.15, 0.2) is 90.3 Å². The van der Waals surface area contributed by atoms with E-state index in [1.807, 2.05) is 63.2 Å². The number of ether oxygens (including phenoxy) is 1. The second-order valence-electron chi connectivity index (χ2n) is 10.3. The average molecular weight is 566 g/mol. The number of nitrogens with one attached hydrogen (secondary N) is 1. The molecule has 40 heavy (non-hydrogen) atoms. The maximum Gasteiger partial charge on any atom is 0.407 e. The Labute approximate surface area is 237 Å². The quantitative estimate of drug-likeness (QED) is 0.281. The summed E-state index contributed by atoms with van der Waals surface area (Å²) in [7, 11) is -3.89. The minimum absolute atomic E-state index is 0.00952. The molecule has 2 atom stereocenters. The number of hydrogen-bond donors (Lipinski definition) is 3. The van der Waals surface area contributed by atoms with Crippen molar-refractivity contribution in [2.45, 2.75) is 50.8 Å². The highest BCUT2D eigenvalue weighted by molar-refractivity contribution is 7.89. The molecule has 0 radical (unpaired) electrons. The first-order valence-corrected chi connectivity index (χ1v) is 14.7. The first-order chi connectivity index (χ1) is 19.0. The maximum absolute atomic E-state index is 13.5. The second-order valence-corrected chi connectivity index (χ2v) is 12.2. The van der Waals surface area contributed by atoms with E-state index in [-0.39, 0.29) is 36.9 Å². The first-order valence-electron chi connectivity index (χ1n) is 13.2. The van der Waals surface area contributed by atoms with Gasteiger partial charge in [-0.15, -0.1) is 0 Å². The Hall–Kier alpha value is -3.66. The zero-order valence-electron chi connectivity index (χ0n) is 23.3. The van der Waals surface area contributed by atoms with E-state index < -0.39 is 28.3 Å². The van der Waals surface area contributed by atoms with Gasteiger partial charge in [-0.25, -0.2) is 13.2 Å². The third-order valence-electron chi connectivity index (χ3n) is 6.41. The number of aryl methyl sites for hydroxylation is 1. The molecule has 9 heteroatoms. The molecule has 0 spiro atoms. The Balaban J connectivity index is 1.80. The van der Waals surface area contributed by atoms with Gasteiger partial charge in [-0.3, -0.25) is 0 Å². The van der Waals surface area contributed by atoms with Gasteiger partial charge in [0.2, 0.25) is 10.0 Å². The minimum Gasteiger partial charge on any atom is -0.445 e. The molecule has 3 aromatic carbocycles. The lowest BCUT2D eigenvalue weighted by atomic mass is 10.0. The van der Waals surface area contributed by atoms with Crippen LogP contribution in [0.4, 0.5) is 4.79 Å². The van der Waals surface area contributed by atoms with Crippen molar-refractivity contribution in [2.24, 2.45) is 11.7 Å². The number of sulfonamides is 1. The molecule has 3 aromatic rings. The van der Waals surface area contributed by atoms with E-state index in [1.54, 1.807) is 36.4 Å². The van der Waals surface area contributed by atoms with Crippen molar-refractivity contribution in [1.29, 1.82) is 0 Å². The summed E-state index contributed by atoms with van der Waals surface area (Å²) in [4.78, 5) is 13.0. The van der Waals surface area contributed by atoms with Crippen molar-refractivity contribution >= 4 is 21.8 Å². The first kappa shape index (κ1) is 30.9. The predicted molar refractivity (Wildman–Crippen MR) is 158 cm³/mol. The van der Waals surface area contributed by atoms with Crippen LogP contribution in [0.25, 0.3) is 5.70 Å². The van der Waals surface area contributed by atoms with Gasteiger partial charge in [0.15, 0.2) is 0 Å². The van der Waals surface area contributed by atoms with Crippen LogP contribution in [-0.2, 0) is 27.8 Å². The lowest BCUT2D eigenvalue weighted by Gasteiger charge is -2.30. The third kappa shape index (κ3) is 8.67. The number of aliphatic hydroxyl groups is 1. The lowest BCUT2D eigenvalue weighted by molar-refractivity contribution is 0.0873. The summed E-state index contributed by atoms with van der Waals surface area (Å²) in [6.07, 6.45) is -1.69. The molecule has 0 aromatic heterocycles. The summed E-state index contributed by atoms with van der Waals surface area (Å²) in [5.74, 6) is 0.00952. The van der Waals surface area contributed by atoms with Crippen LogP contribution in [0.2, 0.25) is 0 Å². The normalized spacial score (nSPS) is 13.2. The number of aliphatic hydroxyl groups excluding tert-OH is 1. The Kier molecular flexibility index (Phi) is 10.9. The summed E-state index contributed by atoms with van der Waals surface area (Å²) in [5.41, 5.74) is 9.40. The van der Waals surface area contributed by atoms with Gasteiger partial charge in [0, 0.05) is 24.4 Å². The molecule has 0 heterocycles. The molecular formula is C31H39N3O5S. The van der Waals surface area contributed by atoms with Crippen LogP contribution in [0.5, 0.6) is 0 Å². The van der Waals surface area contributed by atoms with Gasteiger partial charge in [-0.2, -0.15) is 4.31 Å². The van der Waals surface area contributed by atoms with E-state index >= 15 is 0 Å². The lowest BCUT2D eigenvalue weighted by Crippen LogP contribution is -2.51. The molecule has 4 N–H and O–H groups in total. The zero-order chi connectivity index (χ0) is 29.3. The molecule has 0 aliphatic carbocycles. The van der Waals surface area contributed by atoms with Crippen molar-refractivity contribution < 1.29 is 23.1 Å². The second kappa shape index (κ2) is 14.1. The van der Waals surface area contributed by atoms with E-state index in [0.29, 0.717) is 16.8 Å². The number of carbonyl (C=O) groups is 1. The van der Waals surface area contributed by atoms with Crippen molar-refractivity contribution in [3.05, 3.63) is 108 Å². The van der Waals surface area contributed by atoms with Gasteiger partial charge in [0.05, 0.1) is 17.0 Å². The number of rotatable bonds is 13. The van der Waals surface area contributed by atoms with Crippen LogP contribution < -0.4 is 11.1 Å². The summed E-state index contributed by atoms with van der Waals surface area (Å²) in [5, 5.41) is 14.1. The third-order valence-corrected chi connectivity index (χ3v) is 8.25. The van der Waals surface area contributed by atoms with Crippen LogP contribution in [0.1, 0.15) is 36.1 Å². The SMILES string of the molecule is C=C(N)c1ccccc1COC(=O)NC(Cc1ccccc1)C(O)CN(CC(C)C)S(=O)(=O)c1ccc(C)cc1. The van der Waals surface area contributed by atoms with Gasteiger partial charge in [-0.05, 0) is 42.5 Å². The van der Waals surface area contributed by atoms with Crippen LogP contribution in [0, 0.1) is 12.8 Å². The fourth-order valence-corrected chi connectivity index (χ4v) is 5.94. The Morgan fingerprint density at radius 3 is 2.25 bits per heavy atom. The molecule has 8 nitrogen and oxygen atoms in total. The van der Waals surface area contributed by atoms with E-state index in [0.717, 1.165) is 11.1 Å². The molecule has 1 amide bonds. The molecule has 3 rings (SSSR count). The van der Waals surface area contributed by atoms with Crippen molar-refractivity contribution in [1.82, 2.24) is 9.62 Å². The predicted octanol–water partition coefficient (Wildman–Crippen LogP) is 4.47. The highest BCUT2D eigenvalue weighted by Gasteiger charge is 2.31. The van der Waals surface area contributed by atoms with Crippen molar-refractivity contribution in [3.63, 3.8) is 0 Å². The van der Waals surface area contributed by atoms with Gasteiger partial charge >= 0.3 is 6.09 Å². The number of alkyl carbamates (subject to hydrolysis) is 1. The standard InChI is InChI=1S/C31H39N3O5S/c1-22(2)19-34(40(37,38)27-16-14-23(3)15-17-27)20-30(35)29(18-25-10-6-5-7-11-25)33-31(36)39-21-26-12-8-9-13-28(26)24(4)32/h5-17,22,29-30,35H,4,18-21,32H2,1-3H3,(H,33,36). The minimum atomic E-state index is -3.89. The number of hydrogen-bond acceptors (Lipinski definition) is 6. The monoisotopic (exact) mass is 565 g/mol. The highest BCUT2D eigenvalue weighted by Crippen LogP contribution is 2.20. The van der Waals surface area contributed by atoms with E-state index in [4.69, 9.17) is 10.5 Å². The topological polar surface area (TPSA) is 122 Å². The number of benzene rings is 3. The summed E-state index contributed by atoms with van der Waals surface area (Å²) < 4.78 is 33.8. The number of carbonyl (C=O) groups excluding carboxylic acids is 1. The van der Waals surface area contributed by atoms with E-state index in [9.17, 15) is 18.3 Å². The Morgan fingerprint density at radius 1 is 1.00 bits per heavy atom. The fraction of sp³-hybridized carbons (Fsp3) is 0.323. The number of nitrogens with zero attached hydrogens (tertiary/aromatic N) is 1. The molecule has 0 aliphatic rings. The van der Waals surface area contributed by atoms with Crippen molar-refractivity contribution in [3.8, 4) is 0 Å². The maximum atomic E-state index is 13.5. The summed E-state index contributed by atoms with van der Waals surface area (Å²) in [6, 6.07) is 22.3. The van der Waals surface area contributed by atoms with Crippen LogP contribution in [0.3, 0.4) is 0 Å². The molecule has 0 saturated heterocycles. The zero-order valence-corrected chi connectivity index (χ0v) is 24.1. The smallest absolute Gasteiger partial charge is 0.407 e. The average Bonchev–Trinajstić information content (AvgIpc) is 2.91. The largest absolute Gasteiger partial charge is 0.445 e. The van der Waals surface area contributed by atoms with Gasteiger partial charge in [0.1, 0.15) is 6.61 Å². The Morgan fingerprint density at radius 2 is 1.62 bits per heavy atom. The molecule has 2 unspecified atom stereocenters. The van der Waals surface area contributed by atoms with E-state index in [2.05, 4.69) is 11.9 Å². The Bertz CT molecular complexity index is 1380. The van der Waals surface area contributed by atoms with Gasteiger partial charge in [-0.1, -0.05) is 92.7 Å². The number of amides is 1. The van der Waals surface area contributed by atoms with Crippen LogP contribution >= 0.6 is 0 Å². The number of nitrogens with two attached hydrogens (primary N) is 1. The van der Waals surface area contributed by atoms with E-state index in [1.165, 1.54) is 4.31 Å². The van der Waals surface area contributed by atoms with Gasteiger partial charge in [0.25, 0.3) is 0 Å². The fourth-order valence-electron chi connectivity index (χ4n) is 4.32. The summed E-state index contributed by atoms with van der Waals surface area (Å²) >= 11 is 0. The van der Waals surface area contributed by atoms with Crippen molar-refractivity contribution in [2.75, 3.05) is 13.1 Å². The molecular weight excluding hydrogens is 526 g/mol. The summed E-state index contributed by atoms with van der Waals surface area (Å²) in [6.45, 7) is 9.42. The molecule has 0 saturated carbocycles. The molecule has 0 fully saturated rings. The van der Waals surface area contributed by atoms with Gasteiger partial charge < -0.3 is 20.9 Å². The molecule has 0 bridgehead atoms.